The van der Waals surface area contributed by atoms with Crippen LogP contribution in [0.15, 0.2) is 35.2 Å². The van der Waals surface area contributed by atoms with Crippen LogP contribution in [0.5, 0.6) is 0 Å². The predicted molar refractivity (Wildman–Crippen MR) is 226 cm³/mol. The smallest absolute Gasteiger partial charge is 0.182 e. The number of fused-ring (bicyclic) bond motifs is 6. The molecule has 1 saturated heterocycles. The van der Waals surface area contributed by atoms with Gasteiger partial charge >= 0.3 is 0 Å². The Balaban J connectivity index is 1.19. The Bertz CT molecular complexity index is 1640. The van der Waals surface area contributed by atoms with Crippen LogP contribution in [-0.2, 0) is 9.53 Å². The summed E-state index contributed by atoms with van der Waals surface area (Å²) in [4.78, 5) is 15.3. The topological polar surface area (TPSA) is 198 Å². The maximum absolute atomic E-state index is 15.3. The maximum Gasteiger partial charge on any atom is 0.182 e. The summed E-state index contributed by atoms with van der Waals surface area (Å²) in [6.45, 7) is 8.05. The van der Waals surface area contributed by atoms with E-state index in [0.29, 0.717) is 55.7 Å². The lowest BCUT2D eigenvalue weighted by Crippen LogP contribution is -2.67. The van der Waals surface area contributed by atoms with E-state index in [-0.39, 0.29) is 55.2 Å². The summed E-state index contributed by atoms with van der Waals surface area (Å²) in [5.41, 5.74) is 3.50. The van der Waals surface area contributed by atoms with Crippen molar-refractivity contribution in [1.82, 2.24) is 10.6 Å². The van der Waals surface area contributed by atoms with Crippen molar-refractivity contribution in [3.8, 4) is 0 Å². The molecule has 17 atom stereocenters. The minimum absolute atomic E-state index is 0.0730. The number of nitrogens with two attached hydrogens (primary N) is 1. The first kappa shape index (κ1) is 43.8. The number of hydrogen-bond donors (Lipinski definition) is 9. The Morgan fingerprint density at radius 3 is 2.47 bits per heavy atom. The van der Waals surface area contributed by atoms with Gasteiger partial charge in [0, 0.05) is 24.1 Å². The van der Waals surface area contributed by atoms with Gasteiger partial charge in [-0.3, -0.25) is 4.79 Å². The number of hydrogen-bond acceptors (Lipinski definition) is 11. The van der Waals surface area contributed by atoms with E-state index in [4.69, 9.17) is 10.5 Å². The summed E-state index contributed by atoms with van der Waals surface area (Å²) in [5, 5.41) is 79.5. The first-order valence-electron chi connectivity index (χ1n) is 23.8. The SMILES string of the molecule is CCCC1CCC2OC(C(O)C(C)(O)C3CCC4(O)C5=C(NCC(C)O)C(=O)C6CC(O)C(O)CC6(CCC6=CNC(N)C=C6)C5CCC34C3CCCC3)C(C)C2CC1. The second-order valence-electron chi connectivity index (χ2n) is 21.2. The van der Waals surface area contributed by atoms with E-state index in [0.717, 1.165) is 56.4 Å². The number of dihydropyridines is 1. The minimum atomic E-state index is -1.58. The number of aliphatic hydroxyl groups excluding tert-OH is 4. The third-order valence-corrected chi connectivity index (χ3v) is 18.2. The van der Waals surface area contributed by atoms with E-state index < -0.39 is 64.4 Å². The largest absolute Gasteiger partial charge is 0.392 e. The van der Waals surface area contributed by atoms with Gasteiger partial charge in [0.2, 0.25) is 0 Å². The van der Waals surface area contributed by atoms with Crippen LogP contribution in [-0.4, -0.2) is 97.0 Å². The lowest BCUT2D eigenvalue weighted by atomic mass is 9.41. The summed E-state index contributed by atoms with van der Waals surface area (Å²) < 4.78 is 6.83. The maximum atomic E-state index is 15.3. The first-order valence-corrected chi connectivity index (χ1v) is 23.8. The Morgan fingerprint density at radius 1 is 1.03 bits per heavy atom. The summed E-state index contributed by atoms with van der Waals surface area (Å²) in [6.07, 6.45) is 15.5. The minimum Gasteiger partial charge on any atom is -0.392 e. The highest BCUT2D eigenvalue weighted by Crippen LogP contribution is 2.74. The number of ketones is 1. The molecule has 0 aromatic heterocycles. The van der Waals surface area contributed by atoms with Gasteiger partial charge < -0.3 is 51.7 Å². The molecule has 8 aliphatic rings. The van der Waals surface area contributed by atoms with Crippen molar-refractivity contribution in [2.75, 3.05) is 6.54 Å². The molecule has 5 saturated carbocycles. The molecule has 0 bridgehead atoms. The molecule has 10 N–H and O–H groups in total. The Kier molecular flexibility index (Phi) is 12.4. The monoisotopic (exact) mass is 824 g/mol. The van der Waals surface area contributed by atoms with E-state index in [9.17, 15) is 30.6 Å². The van der Waals surface area contributed by atoms with Crippen molar-refractivity contribution in [1.29, 1.82) is 0 Å². The van der Waals surface area contributed by atoms with E-state index in [1.165, 1.54) is 19.3 Å². The van der Waals surface area contributed by atoms with Crippen molar-refractivity contribution < 1.29 is 40.2 Å². The molecule has 0 spiro atoms. The van der Waals surface area contributed by atoms with E-state index in [2.05, 4.69) is 24.5 Å². The Morgan fingerprint density at radius 2 is 1.78 bits per heavy atom. The fourth-order valence-corrected chi connectivity index (χ4v) is 15.4. The van der Waals surface area contributed by atoms with Crippen molar-refractivity contribution in [2.45, 2.75) is 197 Å². The van der Waals surface area contributed by atoms with E-state index >= 15 is 4.79 Å². The van der Waals surface area contributed by atoms with Gasteiger partial charge in [0.25, 0.3) is 0 Å². The van der Waals surface area contributed by atoms with Crippen LogP contribution in [0.1, 0.15) is 143 Å². The molecule has 0 amide bonds. The van der Waals surface area contributed by atoms with Crippen LogP contribution in [0.2, 0.25) is 0 Å². The number of allylic oxidation sites excluding steroid dienone is 3. The van der Waals surface area contributed by atoms with Crippen LogP contribution < -0.4 is 16.4 Å². The molecule has 17 unspecified atom stereocenters. The number of aliphatic hydroxyl groups is 6. The molecule has 6 fully saturated rings. The van der Waals surface area contributed by atoms with Gasteiger partial charge in [-0.2, -0.15) is 0 Å². The van der Waals surface area contributed by atoms with Crippen LogP contribution in [0.4, 0.5) is 0 Å². The Hall–Kier alpha value is -1.83. The third-order valence-electron chi connectivity index (χ3n) is 18.2. The predicted octanol–water partition coefficient (Wildman–Crippen LogP) is 4.87. The average molecular weight is 824 g/mol. The second-order valence-corrected chi connectivity index (χ2v) is 21.2. The van der Waals surface area contributed by atoms with Gasteiger partial charge in [-0.05, 0) is 155 Å². The van der Waals surface area contributed by atoms with Crippen LogP contribution in [0.25, 0.3) is 0 Å². The molecule has 2 heterocycles. The molecule has 8 rings (SSSR count). The number of Topliss-reactive ketones (excluding diaryl/α,β-unsaturated/α-hetero) is 1. The highest BCUT2D eigenvalue weighted by molar-refractivity contribution is 6.00. The zero-order valence-electron chi connectivity index (χ0n) is 36.3. The van der Waals surface area contributed by atoms with E-state index in [1.807, 2.05) is 18.4 Å². The fraction of sp³-hybridized carbons (Fsp3) is 0.854. The van der Waals surface area contributed by atoms with Gasteiger partial charge in [0.15, 0.2) is 5.78 Å². The van der Waals surface area contributed by atoms with Crippen LogP contribution in [0.3, 0.4) is 0 Å². The van der Waals surface area contributed by atoms with Gasteiger partial charge in [0.1, 0.15) is 6.10 Å². The molecule has 2 aliphatic heterocycles. The van der Waals surface area contributed by atoms with Gasteiger partial charge in [-0.15, -0.1) is 0 Å². The second kappa shape index (κ2) is 16.7. The van der Waals surface area contributed by atoms with Crippen LogP contribution >= 0.6 is 0 Å². The number of rotatable bonds is 12. The standard InChI is InChI=1S/C48H77N3O8/c1-5-8-29-11-14-32-28(3)43(59-37(32)15-12-29)44(56)45(4,57)38-19-22-48(58)40-33(18-21-47(38,48)31-9-6-7-10-31)46(20-17-30-13-16-39(49)50-26-30)24-36(54)35(53)23-34(46)42(55)41(40)51-25-27(2)52/h13,16,26-29,31-39,43-44,50-54,56-58H,5-12,14-15,17-25,49H2,1-4H3. The zero-order valence-corrected chi connectivity index (χ0v) is 36.3. The number of nitrogens with one attached hydrogen (secondary N) is 2. The lowest BCUT2D eigenvalue weighted by molar-refractivity contribution is -0.217. The molecule has 332 valence electrons. The first-order chi connectivity index (χ1) is 28.1. The summed E-state index contributed by atoms with van der Waals surface area (Å²) in [6, 6.07) is 0. The molecule has 0 aromatic rings. The number of carbonyl (C=O) groups is 1. The zero-order chi connectivity index (χ0) is 42.1. The van der Waals surface area contributed by atoms with Gasteiger partial charge in [0.05, 0.1) is 53.6 Å². The molecule has 59 heavy (non-hydrogen) atoms. The third kappa shape index (κ3) is 7.21. The Labute approximate surface area is 352 Å². The number of carbonyl (C=O) groups excluding carboxylic acids is 1. The molecule has 11 nitrogen and oxygen atoms in total. The number of ether oxygens (including phenoxy) is 1. The molecular formula is C48H77N3O8. The normalized spacial score (nSPS) is 45.6. The average Bonchev–Trinajstić information content (AvgIpc) is 3.89. The highest BCUT2D eigenvalue weighted by Gasteiger charge is 2.74. The van der Waals surface area contributed by atoms with Crippen molar-refractivity contribution in [2.24, 2.45) is 58.0 Å². The summed E-state index contributed by atoms with van der Waals surface area (Å²) in [5.74, 6) is -0.296. The van der Waals surface area contributed by atoms with Gasteiger partial charge in [-0.25, -0.2) is 0 Å². The molecule has 0 radical (unpaired) electrons. The van der Waals surface area contributed by atoms with Crippen molar-refractivity contribution >= 4 is 5.78 Å². The highest BCUT2D eigenvalue weighted by atomic mass is 16.5. The summed E-state index contributed by atoms with van der Waals surface area (Å²) in [7, 11) is 0. The van der Waals surface area contributed by atoms with Crippen LogP contribution in [0, 0.1) is 52.3 Å². The molecular weight excluding hydrogens is 747 g/mol. The quantitative estimate of drug-likeness (QED) is 0.130. The fourth-order valence-electron chi connectivity index (χ4n) is 15.4. The van der Waals surface area contributed by atoms with E-state index in [1.54, 1.807) is 13.8 Å². The van der Waals surface area contributed by atoms with Gasteiger partial charge in [-0.1, -0.05) is 52.0 Å². The summed E-state index contributed by atoms with van der Waals surface area (Å²) >= 11 is 0. The lowest BCUT2D eigenvalue weighted by Gasteiger charge is -2.64. The molecule has 11 heteroatoms. The molecule has 6 aliphatic carbocycles. The van der Waals surface area contributed by atoms with Crippen molar-refractivity contribution in [3.63, 3.8) is 0 Å². The van der Waals surface area contributed by atoms with Crippen molar-refractivity contribution in [3.05, 3.63) is 35.2 Å². The molecule has 0 aromatic carbocycles.